The second kappa shape index (κ2) is 10.3. The number of carbonyl (C=O) groups excluding carboxylic acids is 1. The molecule has 0 bridgehead atoms. The molecule has 1 aliphatic rings. The molecule has 0 aromatic heterocycles. The molecule has 7 heteroatoms. The first-order chi connectivity index (χ1) is 17.2. The highest BCUT2D eigenvalue weighted by Crippen LogP contribution is 2.42. The maximum Gasteiger partial charge on any atom is 0.264 e. The Morgan fingerprint density at radius 1 is 0.972 bits per heavy atom. The molecule has 3 aromatic carbocycles. The number of anilines is 1. The third-order valence-corrected chi connectivity index (χ3v) is 8.88. The third-order valence-electron chi connectivity index (χ3n) is 7.10. The summed E-state index contributed by atoms with van der Waals surface area (Å²) >= 11 is 0. The van der Waals surface area contributed by atoms with Gasteiger partial charge in [0.2, 0.25) is 5.91 Å². The smallest absolute Gasteiger partial charge is 0.264 e. The highest BCUT2D eigenvalue weighted by Gasteiger charge is 2.39. The number of rotatable bonds is 8. The molecule has 0 unspecified atom stereocenters. The van der Waals surface area contributed by atoms with E-state index in [1.54, 1.807) is 36.4 Å². The lowest BCUT2D eigenvalue weighted by molar-refractivity contribution is -0.121. The monoisotopic (exact) mass is 506 g/mol. The molecule has 0 spiro atoms. The lowest BCUT2D eigenvalue weighted by Gasteiger charge is -2.41. The Balaban J connectivity index is 1.66. The normalized spacial score (nSPS) is 16.5. The molecule has 0 aliphatic carbocycles. The van der Waals surface area contributed by atoms with E-state index in [9.17, 15) is 13.2 Å². The van der Waals surface area contributed by atoms with Crippen LogP contribution in [0.1, 0.15) is 55.8 Å². The lowest BCUT2D eigenvalue weighted by Crippen LogP contribution is -2.47. The standard InChI is InChI=1S/C29H34N2O4S/c1-5-29(6-2)19-25(24-12-8-10-14-27(24)35-29)30-28(32)20-31(26-13-9-7-11-22(26)4)36(33,34)23-17-15-21(3)16-18-23/h7-18,25H,5-6,19-20H2,1-4H3,(H,30,32)/t25-/m1/s1. The number of hydrogen-bond acceptors (Lipinski definition) is 4. The van der Waals surface area contributed by atoms with Crippen molar-refractivity contribution in [2.24, 2.45) is 0 Å². The van der Waals surface area contributed by atoms with Crippen LogP contribution < -0.4 is 14.4 Å². The minimum Gasteiger partial charge on any atom is -0.487 e. The van der Waals surface area contributed by atoms with E-state index in [0.717, 1.165) is 35.3 Å². The number of ether oxygens (including phenoxy) is 1. The van der Waals surface area contributed by atoms with Gasteiger partial charge in [-0.3, -0.25) is 9.10 Å². The van der Waals surface area contributed by atoms with E-state index in [-0.39, 0.29) is 29.0 Å². The molecule has 0 radical (unpaired) electrons. The number of para-hydroxylation sites is 2. The van der Waals surface area contributed by atoms with Gasteiger partial charge >= 0.3 is 0 Å². The topological polar surface area (TPSA) is 75.7 Å². The Bertz CT molecular complexity index is 1330. The number of sulfonamides is 1. The molecule has 36 heavy (non-hydrogen) atoms. The number of carbonyl (C=O) groups is 1. The second-order valence-electron chi connectivity index (χ2n) is 9.47. The SMILES string of the molecule is CCC1(CC)C[C@@H](NC(=O)CN(c2ccccc2C)S(=O)(=O)c2ccc(C)cc2)c2ccccc2O1. The molecule has 6 nitrogen and oxygen atoms in total. The molecule has 0 saturated heterocycles. The van der Waals surface area contributed by atoms with Crippen LogP contribution in [0.5, 0.6) is 5.75 Å². The third kappa shape index (κ3) is 5.12. The zero-order valence-electron chi connectivity index (χ0n) is 21.3. The number of nitrogens with one attached hydrogen (secondary N) is 1. The van der Waals surface area contributed by atoms with Crippen molar-refractivity contribution < 1.29 is 17.9 Å². The molecule has 4 rings (SSSR count). The van der Waals surface area contributed by atoms with E-state index >= 15 is 0 Å². The first-order valence-corrected chi connectivity index (χ1v) is 13.9. The number of amides is 1. The quantitative estimate of drug-likeness (QED) is 0.425. The highest BCUT2D eigenvalue weighted by atomic mass is 32.2. The van der Waals surface area contributed by atoms with Gasteiger partial charge in [-0.05, 0) is 56.5 Å². The van der Waals surface area contributed by atoms with Gasteiger partial charge < -0.3 is 10.1 Å². The lowest BCUT2D eigenvalue weighted by atomic mass is 9.83. The van der Waals surface area contributed by atoms with Crippen molar-refractivity contribution in [3.8, 4) is 5.75 Å². The van der Waals surface area contributed by atoms with Gasteiger partial charge in [0.05, 0.1) is 16.6 Å². The number of benzene rings is 3. The second-order valence-corrected chi connectivity index (χ2v) is 11.3. The first-order valence-electron chi connectivity index (χ1n) is 12.4. The summed E-state index contributed by atoms with van der Waals surface area (Å²) in [7, 11) is -3.97. The fourth-order valence-corrected chi connectivity index (χ4v) is 6.27. The van der Waals surface area contributed by atoms with Crippen molar-refractivity contribution in [3.63, 3.8) is 0 Å². The summed E-state index contributed by atoms with van der Waals surface area (Å²) in [6, 6.07) is 21.4. The van der Waals surface area contributed by atoms with Crippen LogP contribution in [0.3, 0.4) is 0 Å². The molecule has 1 atom stereocenters. The van der Waals surface area contributed by atoms with Crippen molar-refractivity contribution >= 4 is 21.6 Å². The molecule has 1 heterocycles. The molecule has 1 aliphatic heterocycles. The van der Waals surface area contributed by atoms with Crippen molar-refractivity contribution in [3.05, 3.63) is 89.5 Å². The van der Waals surface area contributed by atoms with E-state index in [1.807, 2.05) is 50.2 Å². The Kier molecular flexibility index (Phi) is 7.41. The molecule has 1 amide bonds. The molecule has 0 saturated carbocycles. The molecule has 1 N–H and O–H groups in total. The van der Waals surface area contributed by atoms with Crippen LogP contribution in [0, 0.1) is 13.8 Å². The Labute approximate surface area is 214 Å². The van der Waals surface area contributed by atoms with E-state index < -0.39 is 10.0 Å². The van der Waals surface area contributed by atoms with Gasteiger partial charge in [-0.25, -0.2) is 8.42 Å². The van der Waals surface area contributed by atoms with Crippen LogP contribution in [0.2, 0.25) is 0 Å². The summed E-state index contributed by atoms with van der Waals surface area (Å²) in [5.41, 5.74) is 2.75. The summed E-state index contributed by atoms with van der Waals surface area (Å²) in [6.45, 7) is 7.60. The summed E-state index contributed by atoms with van der Waals surface area (Å²) in [4.78, 5) is 13.6. The van der Waals surface area contributed by atoms with Gasteiger partial charge in [-0.2, -0.15) is 0 Å². The predicted octanol–water partition coefficient (Wildman–Crippen LogP) is 5.70. The molecular formula is C29H34N2O4S. The van der Waals surface area contributed by atoms with Crippen LogP contribution in [0.15, 0.2) is 77.7 Å². The Morgan fingerprint density at radius 2 is 1.61 bits per heavy atom. The van der Waals surface area contributed by atoms with Gasteiger partial charge in [-0.1, -0.05) is 67.9 Å². The number of fused-ring (bicyclic) bond motifs is 1. The molecule has 190 valence electrons. The van der Waals surface area contributed by atoms with Gasteiger partial charge in [0.15, 0.2) is 0 Å². The first kappa shape index (κ1) is 25.8. The minimum atomic E-state index is -3.97. The largest absolute Gasteiger partial charge is 0.487 e. The van der Waals surface area contributed by atoms with Crippen molar-refractivity contribution in [1.82, 2.24) is 5.32 Å². The van der Waals surface area contributed by atoms with Gasteiger partial charge in [-0.15, -0.1) is 0 Å². The van der Waals surface area contributed by atoms with E-state index in [0.29, 0.717) is 12.1 Å². The average Bonchev–Trinajstić information content (AvgIpc) is 2.88. The average molecular weight is 507 g/mol. The van der Waals surface area contributed by atoms with Crippen LogP contribution >= 0.6 is 0 Å². The molecule has 0 fully saturated rings. The van der Waals surface area contributed by atoms with Crippen LogP contribution in [-0.4, -0.2) is 26.5 Å². The minimum absolute atomic E-state index is 0.150. The van der Waals surface area contributed by atoms with E-state index in [1.165, 1.54) is 4.31 Å². The van der Waals surface area contributed by atoms with Crippen LogP contribution in [-0.2, 0) is 14.8 Å². The van der Waals surface area contributed by atoms with Crippen LogP contribution in [0.25, 0.3) is 0 Å². The molecular weight excluding hydrogens is 472 g/mol. The van der Waals surface area contributed by atoms with Crippen LogP contribution in [0.4, 0.5) is 5.69 Å². The van der Waals surface area contributed by atoms with Crippen molar-refractivity contribution in [2.75, 3.05) is 10.8 Å². The summed E-state index contributed by atoms with van der Waals surface area (Å²) < 4.78 is 35.1. The summed E-state index contributed by atoms with van der Waals surface area (Å²) in [5.74, 6) is 0.400. The Hall–Kier alpha value is -3.32. The maximum atomic E-state index is 13.7. The van der Waals surface area contributed by atoms with Gasteiger partial charge in [0, 0.05) is 12.0 Å². The predicted molar refractivity (Wildman–Crippen MR) is 143 cm³/mol. The Morgan fingerprint density at radius 3 is 2.28 bits per heavy atom. The van der Waals surface area contributed by atoms with E-state index in [2.05, 4.69) is 19.2 Å². The van der Waals surface area contributed by atoms with Gasteiger partial charge in [0.1, 0.15) is 17.9 Å². The number of hydrogen-bond donors (Lipinski definition) is 1. The maximum absolute atomic E-state index is 13.7. The van der Waals surface area contributed by atoms with Gasteiger partial charge in [0.25, 0.3) is 10.0 Å². The number of nitrogens with zero attached hydrogens (tertiary/aromatic N) is 1. The number of aryl methyl sites for hydroxylation is 2. The fourth-order valence-electron chi connectivity index (χ4n) is 4.78. The molecule has 3 aromatic rings. The summed E-state index contributed by atoms with van der Waals surface area (Å²) in [5, 5.41) is 3.13. The van der Waals surface area contributed by atoms with E-state index in [4.69, 9.17) is 4.74 Å². The van der Waals surface area contributed by atoms with Crippen molar-refractivity contribution in [1.29, 1.82) is 0 Å². The summed E-state index contributed by atoms with van der Waals surface area (Å²) in [6.07, 6.45) is 2.24. The van der Waals surface area contributed by atoms with Crippen molar-refractivity contribution in [2.45, 2.75) is 63.5 Å². The highest BCUT2D eigenvalue weighted by molar-refractivity contribution is 7.92. The zero-order chi connectivity index (χ0) is 25.9. The fraction of sp³-hybridized carbons (Fsp3) is 0.345. The zero-order valence-corrected chi connectivity index (χ0v) is 22.1.